The predicted molar refractivity (Wildman–Crippen MR) is 231 cm³/mol. The molecule has 1 unspecified atom stereocenters. The molecule has 2 saturated heterocycles. The third-order valence-corrected chi connectivity index (χ3v) is 12.8. The summed E-state index contributed by atoms with van der Waals surface area (Å²) < 4.78 is 55.1. The SMILES string of the molecule is O=C(CCOCCOCCOCCOCCNC(=O)C(CNC(=O)CCCC[C@@H]1SC[C@@H]2NC(=O)N[C@@H]21)S(=O)(=O)O)NCCC(=O)N1Cc2ccccc2C#Cc2ccccc21. The van der Waals surface area contributed by atoms with Crippen molar-refractivity contribution in [3.8, 4) is 11.8 Å². The number of fused-ring (bicyclic) bond motifs is 3. The normalized spacial score (nSPS) is 18.0. The number of anilines is 1. The van der Waals surface area contributed by atoms with Gasteiger partial charge in [-0.05, 0) is 36.6 Å². The van der Waals surface area contributed by atoms with E-state index in [1.165, 1.54) is 0 Å². The molecule has 0 radical (unpaired) electrons. The van der Waals surface area contributed by atoms with Crippen molar-refractivity contribution in [3.05, 3.63) is 65.2 Å². The van der Waals surface area contributed by atoms with E-state index in [2.05, 4.69) is 38.4 Å². The number of para-hydroxylation sites is 1. The van der Waals surface area contributed by atoms with Crippen molar-refractivity contribution >= 4 is 57.2 Å². The molecule has 338 valence electrons. The second-order valence-corrected chi connectivity index (χ2v) is 17.5. The number of hydrogen-bond donors (Lipinski definition) is 6. The Labute approximate surface area is 366 Å². The summed E-state index contributed by atoms with van der Waals surface area (Å²) in [5.74, 6) is 5.49. The van der Waals surface area contributed by atoms with Gasteiger partial charge in [0, 0.05) is 61.0 Å². The van der Waals surface area contributed by atoms with E-state index < -0.39 is 33.7 Å². The summed E-state index contributed by atoms with van der Waals surface area (Å²) in [6.07, 6.45) is 2.51. The molecule has 6 N–H and O–H groups in total. The Morgan fingerprint density at radius 1 is 0.774 bits per heavy atom. The van der Waals surface area contributed by atoms with Gasteiger partial charge in [-0.1, -0.05) is 48.6 Å². The first-order valence-corrected chi connectivity index (χ1v) is 23.3. The fraction of sp³-hybridized carbons (Fsp3) is 0.548. The standard InChI is InChI=1S/C42H56N6O12S2/c49-37(12-6-5-11-35-40-33(29-61-35)46-42(53)47-40)45-27-36(62(54,55)56)41(52)44-18-20-58-22-24-60-26-25-59-23-21-57-19-16-38(50)43-17-15-39(51)48-28-32-9-2-1-7-30(32)13-14-31-8-3-4-10-34(31)48/h1-4,7-10,33,35-36,40H,5-6,11-12,15-29H2,(H,43,50)(H,44,52)(H,45,49)(H2,46,47,53)(H,54,55,56)/t33-,35-,36?,40-/m0/s1. The third-order valence-electron chi connectivity index (χ3n) is 10.2. The zero-order valence-corrected chi connectivity index (χ0v) is 36.2. The van der Waals surface area contributed by atoms with Gasteiger partial charge in [0.2, 0.25) is 23.6 Å². The van der Waals surface area contributed by atoms with Crippen LogP contribution < -0.4 is 31.5 Å². The number of urea groups is 1. The molecule has 3 aliphatic rings. The van der Waals surface area contributed by atoms with Gasteiger partial charge in [-0.15, -0.1) is 0 Å². The van der Waals surface area contributed by atoms with Crippen LogP contribution in [0.1, 0.15) is 55.2 Å². The summed E-state index contributed by atoms with van der Waals surface area (Å²) in [6.45, 7) is 1.88. The minimum atomic E-state index is -4.78. The molecule has 3 heterocycles. The molecule has 0 spiro atoms. The van der Waals surface area contributed by atoms with Gasteiger partial charge >= 0.3 is 6.03 Å². The average molecular weight is 901 g/mol. The summed E-state index contributed by atoms with van der Waals surface area (Å²) in [5, 5.41) is 11.8. The number of carbonyl (C=O) groups excluding carboxylic acids is 5. The molecule has 0 aliphatic carbocycles. The molecule has 18 nitrogen and oxygen atoms in total. The molecule has 0 saturated carbocycles. The Bertz CT molecular complexity index is 2010. The number of nitrogens with zero attached hydrogens (tertiary/aromatic N) is 1. The minimum absolute atomic E-state index is 0.0272. The monoisotopic (exact) mass is 900 g/mol. The van der Waals surface area contributed by atoms with Gasteiger partial charge in [-0.3, -0.25) is 23.7 Å². The molecular weight excluding hydrogens is 845 g/mol. The van der Waals surface area contributed by atoms with Crippen molar-refractivity contribution < 1.29 is 55.9 Å². The third kappa shape index (κ3) is 15.9. The lowest BCUT2D eigenvalue weighted by molar-refractivity contribution is -0.124. The average Bonchev–Trinajstić information content (AvgIpc) is 3.80. The number of nitrogens with one attached hydrogen (secondary N) is 5. The first-order valence-electron chi connectivity index (χ1n) is 20.8. The number of thioether (sulfide) groups is 1. The van der Waals surface area contributed by atoms with E-state index >= 15 is 0 Å². The molecule has 4 atom stereocenters. The first kappa shape index (κ1) is 48.3. The second kappa shape index (κ2) is 25.4. The van der Waals surface area contributed by atoms with Crippen LogP contribution in [0.15, 0.2) is 48.5 Å². The van der Waals surface area contributed by atoms with Crippen molar-refractivity contribution in [2.75, 3.05) is 83.1 Å². The van der Waals surface area contributed by atoms with Crippen LogP contribution in [0.25, 0.3) is 0 Å². The van der Waals surface area contributed by atoms with E-state index in [9.17, 15) is 36.9 Å². The second-order valence-electron chi connectivity index (χ2n) is 14.7. The largest absolute Gasteiger partial charge is 0.379 e. The molecule has 62 heavy (non-hydrogen) atoms. The van der Waals surface area contributed by atoms with Crippen molar-refractivity contribution in [1.82, 2.24) is 26.6 Å². The van der Waals surface area contributed by atoms with Gasteiger partial charge in [0.1, 0.15) is 0 Å². The van der Waals surface area contributed by atoms with Gasteiger partial charge in [0.05, 0.1) is 77.2 Å². The van der Waals surface area contributed by atoms with E-state index in [0.29, 0.717) is 32.8 Å². The number of hydrogen-bond acceptors (Lipinski definition) is 12. The lowest BCUT2D eigenvalue weighted by Gasteiger charge is -2.26. The van der Waals surface area contributed by atoms with Crippen LogP contribution in [0.4, 0.5) is 10.5 Å². The number of benzene rings is 2. The van der Waals surface area contributed by atoms with Crippen molar-refractivity contribution in [1.29, 1.82) is 0 Å². The summed E-state index contributed by atoms with van der Waals surface area (Å²) in [7, 11) is -4.78. The van der Waals surface area contributed by atoms with E-state index in [4.69, 9.17) is 18.9 Å². The molecule has 2 aromatic carbocycles. The molecule has 2 fully saturated rings. The van der Waals surface area contributed by atoms with Crippen LogP contribution in [0.3, 0.4) is 0 Å². The number of ether oxygens (including phenoxy) is 4. The van der Waals surface area contributed by atoms with E-state index in [0.717, 1.165) is 41.0 Å². The number of rotatable bonds is 27. The van der Waals surface area contributed by atoms with Crippen LogP contribution in [0, 0.1) is 11.8 Å². The summed E-state index contributed by atoms with van der Waals surface area (Å²) in [6, 6.07) is 15.3. The highest BCUT2D eigenvalue weighted by Crippen LogP contribution is 2.33. The highest BCUT2D eigenvalue weighted by molar-refractivity contribution is 8.00. The van der Waals surface area contributed by atoms with E-state index in [1.807, 2.05) is 48.5 Å². The molecule has 20 heteroatoms. The zero-order chi connectivity index (χ0) is 44.2. The van der Waals surface area contributed by atoms with Gasteiger partial charge in [0.15, 0.2) is 5.25 Å². The van der Waals surface area contributed by atoms with Gasteiger partial charge < -0.3 is 50.4 Å². The van der Waals surface area contributed by atoms with Gasteiger partial charge in [-0.2, -0.15) is 20.2 Å². The van der Waals surface area contributed by atoms with Crippen molar-refractivity contribution in [2.24, 2.45) is 0 Å². The molecule has 0 aromatic heterocycles. The van der Waals surface area contributed by atoms with E-state index in [-0.39, 0.29) is 101 Å². The Balaban J connectivity index is 0.810. The molecule has 6 amide bonds. The van der Waals surface area contributed by atoms with Crippen LogP contribution in [0.2, 0.25) is 0 Å². The lowest BCUT2D eigenvalue weighted by Crippen LogP contribution is -2.47. The fourth-order valence-electron chi connectivity index (χ4n) is 6.93. The van der Waals surface area contributed by atoms with Crippen LogP contribution in [-0.4, -0.2) is 143 Å². The lowest BCUT2D eigenvalue weighted by atomic mass is 10.0. The summed E-state index contributed by atoms with van der Waals surface area (Å²) >= 11 is 1.78. The molecule has 2 aromatic rings. The van der Waals surface area contributed by atoms with Crippen LogP contribution >= 0.6 is 11.8 Å². The minimum Gasteiger partial charge on any atom is -0.379 e. The van der Waals surface area contributed by atoms with Gasteiger partial charge in [0.25, 0.3) is 10.1 Å². The maximum atomic E-state index is 13.3. The fourth-order valence-corrected chi connectivity index (χ4v) is 9.12. The van der Waals surface area contributed by atoms with Crippen LogP contribution in [-0.2, 0) is 54.8 Å². The number of amides is 6. The quantitative estimate of drug-likeness (QED) is 0.0319. The van der Waals surface area contributed by atoms with Crippen molar-refractivity contribution in [2.45, 2.75) is 67.7 Å². The Morgan fingerprint density at radius 2 is 1.42 bits per heavy atom. The maximum Gasteiger partial charge on any atom is 0.315 e. The topological polar surface area (TPSA) is 240 Å². The Kier molecular flexibility index (Phi) is 19.8. The van der Waals surface area contributed by atoms with E-state index in [1.54, 1.807) is 16.7 Å². The van der Waals surface area contributed by atoms with Gasteiger partial charge in [-0.25, -0.2) is 4.79 Å². The maximum absolute atomic E-state index is 13.3. The summed E-state index contributed by atoms with van der Waals surface area (Å²) in [4.78, 5) is 63.7. The first-order chi connectivity index (χ1) is 30.0. The smallest absolute Gasteiger partial charge is 0.315 e. The Hall–Kier alpha value is -4.75. The molecule has 0 bridgehead atoms. The van der Waals surface area contributed by atoms with Crippen molar-refractivity contribution in [3.63, 3.8) is 0 Å². The Morgan fingerprint density at radius 3 is 2.16 bits per heavy atom. The number of unbranched alkanes of at least 4 members (excludes halogenated alkanes) is 1. The molecule has 3 aliphatic heterocycles. The molecular formula is C42H56N6O12S2. The molecule has 5 rings (SSSR count). The summed E-state index contributed by atoms with van der Waals surface area (Å²) in [5.41, 5.74) is 3.35. The zero-order valence-electron chi connectivity index (χ0n) is 34.6. The predicted octanol–water partition coefficient (Wildman–Crippen LogP) is 1.11. The highest BCUT2D eigenvalue weighted by Gasteiger charge is 2.42. The van der Waals surface area contributed by atoms with Crippen LogP contribution in [0.5, 0.6) is 0 Å². The number of carbonyl (C=O) groups is 5. The highest BCUT2D eigenvalue weighted by atomic mass is 32.2.